The van der Waals surface area contributed by atoms with E-state index >= 15 is 0 Å². The molecule has 1 aliphatic heterocycles. The average molecular weight is 408 g/mol. The fourth-order valence-electron chi connectivity index (χ4n) is 3.45. The highest BCUT2D eigenvalue weighted by atomic mass is 16.5. The lowest BCUT2D eigenvalue weighted by atomic mass is 9.90. The predicted octanol–water partition coefficient (Wildman–Crippen LogP) is 2.67. The van der Waals surface area contributed by atoms with Crippen LogP contribution < -0.4 is 4.74 Å². The number of hydrogen-bond acceptors (Lipinski definition) is 8. The number of ether oxygens (including phenoxy) is 1. The molecule has 2 atom stereocenters. The Bertz CT molecular complexity index is 1180. The molecule has 0 aromatic heterocycles. The summed E-state index contributed by atoms with van der Waals surface area (Å²) in [5, 5.41) is 50.6. The van der Waals surface area contributed by atoms with E-state index < -0.39 is 23.7 Å². The number of phenols is 4. The molecule has 0 spiro atoms. The van der Waals surface area contributed by atoms with Crippen LogP contribution in [-0.4, -0.2) is 43.7 Å². The minimum absolute atomic E-state index is 0.103. The summed E-state index contributed by atoms with van der Waals surface area (Å²) in [6, 6.07) is 10.4. The van der Waals surface area contributed by atoms with Gasteiger partial charge in [-0.2, -0.15) is 0 Å². The molecule has 0 saturated heterocycles. The van der Waals surface area contributed by atoms with E-state index in [1.54, 1.807) is 0 Å². The maximum absolute atomic E-state index is 12.6. The van der Waals surface area contributed by atoms with E-state index in [4.69, 9.17) is 4.74 Å². The number of fused-ring (bicyclic) bond motifs is 1. The number of aliphatic hydroxyl groups is 1. The number of carbonyl (C=O) groups excluding carboxylic acids is 2. The van der Waals surface area contributed by atoms with Crippen LogP contribution in [0.5, 0.6) is 28.7 Å². The molecule has 4 rings (SSSR count). The molecule has 8 heteroatoms. The topological polar surface area (TPSA) is 145 Å². The quantitative estimate of drug-likeness (QED) is 0.416. The van der Waals surface area contributed by atoms with Crippen LogP contribution in [0, 0.1) is 0 Å². The van der Waals surface area contributed by atoms with Crippen molar-refractivity contribution in [3.05, 3.63) is 65.2 Å². The second kappa shape index (κ2) is 7.09. The van der Waals surface area contributed by atoms with Gasteiger partial charge < -0.3 is 30.3 Å². The minimum atomic E-state index is -1.67. The first-order chi connectivity index (χ1) is 14.3. The smallest absolute Gasteiger partial charge is 0.202 e. The van der Waals surface area contributed by atoms with E-state index in [1.807, 2.05) is 0 Å². The predicted molar refractivity (Wildman–Crippen MR) is 104 cm³/mol. The molecule has 0 saturated carbocycles. The Morgan fingerprint density at radius 2 is 1.50 bits per heavy atom. The molecule has 3 aromatic carbocycles. The van der Waals surface area contributed by atoms with Gasteiger partial charge in [0.2, 0.25) is 5.78 Å². The maximum Gasteiger partial charge on any atom is 0.202 e. The number of aldehydes is 1. The standard InChI is InChI=1S/C22H16O8/c23-9-10-1-3-15(25)13(5-10)14-6-11(2-4-16(14)26)22-21(29)20(28)19-17(27)7-12(24)8-18(19)30-22/h1-9,21-22,24-27,29H/t21-,22+/m0/s1. The monoisotopic (exact) mass is 408 g/mol. The van der Waals surface area contributed by atoms with Crippen molar-refractivity contribution < 1.29 is 39.9 Å². The van der Waals surface area contributed by atoms with E-state index in [1.165, 1.54) is 36.4 Å². The van der Waals surface area contributed by atoms with Gasteiger partial charge in [-0.15, -0.1) is 0 Å². The molecular weight excluding hydrogens is 392 g/mol. The van der Waals surface area contributed by atoms with Crippen LogP contribution in [0.4, 0.5) is 0 Å². The lowest BCUT2D eigenvalue weighted by Crippen LogP contribution is -2.36. The second-order valence-corrected chi connectivity index (χ2v) is 6.86. The third-order valence-corrected chi connectivity index (χ3v) is 4.92. The fourth-order valence-corrected chi connectivity index (χ4v) is 3.45. The van der Waals surface area contributed by atoms with Gasteiger partial charge in [-0.3, -0.25) is 9.59 Å². The third kappa shape index (κ3) is 3.09. The Hall–Kier alpha value is -4.04. The molecule has 1 heterocycles. The van der Waals surface area contributed by atoms with Gasteiger partial charge in [-0.05, 0) is 35.9 Å². The number of aliphatic hydroxyl groups excluding tert-OH is 1. The van der Waals surface area contributed by atoms with Crippen LogP contribution in [0.3, 0.4) is 0 Å². The van der Waals surface area contributed by atoms with Crippen molar-refractivity contribution in [2.45, 2.75) is 12.2 Å². The molecule has 5 N–H and O–H groups in total. The van der Waals surface area contributed by atoms with Crippen LogP contribution >= 0.6 is 0 Å². The highest BCUT2D eigenvalue weighted by molar-refractivity contribution is 6.05. The lowest BCUT2D eigenvalue weighted by Gasteiger charge is -2.30. The van der Waals surface area contributed by atoms with E-state index in [0.717, 1.165) is 12.1 Å². The van der Waals surface area contributed by atoms with Crippen LogP contribution in [-0.2, 0) is 0 Å². The zero-order chi connectivity index (χ0) is 21.6. The summed E-state index contributed by atoms with van der Waals surface area (Å²) < 4.78 is 5.68. The van der Waals surface area contributed by atoms with Gasteiger partial charge in [0.25, 0.3) is 0 Å². The van der Waals surface area contributed by atoms with Crippen molar-refractivity contribution in [3.8, 4) is 39.9 Å². The number of aromatic hydroxyl groups is 4. The maximum atomic E-state index is 12.6. The Kier molecular flexibility index (Phi) is 4.56. The van der Waals surface area contributed by atoms with Gasteiger partial charge in [0, 0.05) is 28.8 Å². The molecular formula is C22H16O8. The average Bonchev–Trinajstić information content (AvgIpc) is 2.71. The Labute approximate surface area is 169 Å². The summed E-state index contributed by atoms with van der Waals surface area (Å²) in [7, 11) is 0. The highest BCUT2D eigenvalue weighted by Gasteiger charge is 2.39. The number of benzene rings is 3. The number of rotatable bonds is 3. The largest absolute Gasteiger partial charge is 0.508 e. The molecule has 1 aliphatic rings. The zero-order valence-electron chi connectivity index (χ0n) is 15.3. The summed E-state index contributed by atoms with van der Waals surface area (Å²) >= 11 is 0. The van der Waals surface area contributed by atoms with Crippen molar-refractivity contribution in [1.29, 1.82) is 0 Å². The van der Waals surface area contributed by atoms with Crippen molar-refractivity contribution in [2.24, 2.45) is 0 Å². The Morgan fingerprint density at radius 3 is 2.20 bits per heavy atom. The Balaban J connectivity index is 1.81. The van der Waals surface area contributed by atoms with Crippen molar-refractivity contribution >= 4 is 12.1 Å². The normalized spacial score (nSPS) is 17.8. The number of Topliss-reactive ketones (excluding diaryl/α,β-unsaturated/α-hetero) is 1. The SMILES string of the molecule is O=Cc1ccc(O)c(-c2cc([C@H]3Oc4cc(O)cc(O)c4C(=O)[C@@H]3O)ccc2O)c1. The molecule has 0 aliphatic carbocycles. The van der Waals surface area contributed by atoms with Crippen molar-refractivity contribution in [2.75, 3.05) is 0 Å². The minimum Gasteiger partial charge on any atom is -0.508 e. The number of ketones is 1. The molecule has 0 bridgehead atoms. The molecule has 0 unspecified atom stereocenters. The van der Waals surface area contributed by atoms with Gasteiger partial charge in [0.1, 0.15) is 40.6 Å². The van der Waals surface area contributed by atoms with E-state index in [9.17, 15) is 35.1 Å². The van der Waals surface area contributed by atoms with Crippen LogP contribution in [0.25, 0.3) is 11.1 Å². The first kappa shape index (κ1) is 19.3. The summed E-state index contributed by atoms with van der Waals surface area (Å²) in [4.78, 5) is 23.7. The summed E-state index contributed by atoms with van der Waals surface area (Å²) in [5.41, 5.74) is 0.643. The molecule has 0 amide bonds. The van der Waals surface area contributed by atoms with Crippen LogP contribution in [0.2, 0.25) is 0 Å². The summed E-state index contributed by atoms with van der Waals surface area (Å²) in [6.45, 7) is 0. The first-order valence-corrected chi connectivity index (χ1v) is 8.86. The van der Waals surface area contributed by atoms with Crippen molar-refractivity contribution in [3.63, 3.8) is 0 Å². The number of phenolic OH excluding ortho intramolecular Hbond substituents is 4. The van der Waals surface area contributed by atoms with E-state index in [0.29, 0.717) is 6.29 Å². The molecule has 0 radical (unpaired) electrons. The van der Waals surface area contributed by atoms with Gasteiger partial charge in [-0.25, -0.2) is 0 Å². The fraction of sp³-hybridized carbons (Fsp3) is 0.0909. The summed E-state index contributed by atoms with van der Waals surface area (Å²) in [6.07, 6.45) is -2.28. The second-order valence-electron chi connectivity index (χ2n) is 6.86. The van der Waals surface area contributed by atoms with E-state index in [2.05, 4.69) is 0 Å². The lowest BCUT2D eigenvalue weighted by molar-refractivity contribution is 0.0211. The van der Waals surface area contributed by atoms with Crippen LogP contribution in [0.15, 0.2) is 48.5 Å². The molecule has 152 valence electrons. The van der Waals surface area contributed by atoms with E-state index in [-0.39, 0.29) is 50.8 Å². The number of carbonyl (C=O) groups is 2. The van der Waals surface area contributed by atoms with Gasteiger partial charge in [0.15, 0.2) is 12.2 Å². The molecule has 0 fully saturated rings. The van der Waals surface area contributed by atoms with Gasteiger partial charge >= 0.3 is 0 Å². The Morgan fingerprint density at radius 1 is 0.833 bits per heavy atom. The summed E-state index contributed by atoms with van der Waals surface area (Å²) in [5.74, 6) is -2.13. The molecule has 8 nitrogen and oxygen atoms in total. The number of hydrogen-bond donors (Lipinski definition) is 5. The first-order valence-electron chi connectivity index (χ1n) is 8.86. The van der Waals surface area contributed by atoms with Crippen LogP contribution in [0.1, 0.15) is 32.4 Å². The van der Waals surface area contributed by atoms with Gasteiger partial charge in [-0.1, -0.05) is 6.07 Å². The highest BCUT2D eigenvalue weighted by Crippen LogP contribution is 2.44. The molecule has 30 heavy (non-hydrogen) atoms. The zero-order valence-corrected chi connectivity index (χ0v) is 15.3. The van der Waals surface area contributed by atoms with Crippen molar-refractivity contribution in [1.82, 2.24) is 0 Å². The van der Waals surface area contributed by atoms with Gasteiger partial charge in [0.05, 0.1) is 0 Å². The molecule has 3 aromatic rings. The third-order valence-electron chi connectivity index (χ3n) is 4.92.